The summed E-state index contributed by atoms with van der Waals surface area (Å²) in [5.41, 5.74) is 1.04. The molecular weight excluding hydrogens is 204 g/mol. The van der Waals surface area contributed by atoms with Crippen LogP contribution < -0.4 is 9.47 Å². The maximum atomic E-state index is 11.4. The monoisotopic (exact) mass is 218 g/mol. The highest BCUT2D eigenvalue weighted by Crippen LogP contribution is 2.27. The van der Waals surface area contributed by atoms with E-state index in [0.717, 1.165) is 17.7 Å². The predicted octanol–water partition coefficient (Wildman–Crippen LogP) is 2.70. The van der Waals surface area contributed by atoms with Crippen molar-refractivity contribution in [2.24, 2.45) is 5.92 Å². The van der Waals surface area contributed by atoms with E-state index in [4.69, 9.17) is 9.47 Å². The third kappa shape index (κ3) is 2.24. The van der Waals surface area contributed by atoms with Crippen molar-refractivity contribution >= 4 is 5.97 Å². The molecule has 0 radical (unpaired) electrons. The van der Waals surface area contributed by atoms with Gasteiger partial charge in [0.05, 0.1) is 12.2 Å². The van der Waals surface area contributed by atoms with Gasteiger partial charge < -0.3 is 9.47 Å². The minimum atomic E-state index is -0.216. The zero-order valence-electron chi connectivity index (χ0n) is 9.40. The molecule has 2 rings (SSSR count). The Bertz CT molecular complexity index is 433. The summed E-state index contributed by atoms with van der Waals surface area (Å²) in [6.45, 7) is 3.62. The molecule has 1 aliphatic heterocycles. The van der Waals surface area contributed by atoms with E-state index in [1.165, 1.54) is 0 Å². The maximum absolute atomic E-state index is 11.4. The van der Waals surface area contributed by atoms with Gasteiger partial charge in [0, 0.05) is 5.56 Å². The highest BCUT2D eigenvalue weighted by atomic mass is 16.5. The zero-order chi connectivity index (χ0) is 11.5. The van der Waals surface area contributed by atoms with E-state index in [1.807, 2.05) is 32.1 Å². The van der Waals surface area contributed by atoms with E-state index in [9.17, 15) is 4.79 Å². The van der Waals surface area contributed by atoms with E-state index >= 15 is 0 Å². The van der Waals surface area contributed by atoms with Crippen molar-refractivity contribution in [1.29, 1.82) is 0 Å². The molecule has 0 N–H and O–H groups in total. The molecule has 0 atom stereocenters. The van der Waals surface area contributed by atoms with Gasteiger partial charge in [-0.05, 0) is 30.7 Å². The summed E-state index contributed by atoms with van der Waals surface area (Å²) in [5.74, 6) is 1.07. The van der Waals surface area contributed by atoms with Crippen molar-refractivity contribution < 1.29 is 14.3 Å². The van der Waals surface area contributed by atoms with Crippen LogP contribution >= 0.6 is 0 Å². The van der Waals surface area contributed by atoms with Crippen molar-refractivity contribution in [3.63, 3.8) is 0 Å². The Balaban J connectivity index is 2.16. The maximum Gasteiger partial charge on any atom is 0.313 e. The van der Waals surface area contributed by atoms with Crippen LogP contribution in [0.4, 0.5) is 0 Å². The van der Waals surface area contributed by atoms with Gasteiger partial charge >= 0.3 is 5.97 Å². The molecule has 84 valence electrons. The normalized spacial score (nSPS) is 13.2. The van der Waals surface area contributed by atoms with Crippen LogP contribution in [0.3, 0.4) is 0 Å². The van der Waals surface area contributed by atoms with Crippen molar-refractivity contribution in [1.82, 2.24) is 0 Å². The van der Waals surface area contributed by atoms with Crippen LogP contribution in [-0.2, 0) is 11.2 Å². The van der Waals surface area contributed by atoms with Gasteiger partial charge in [0.15, 0.2) is 0 Å². The molecule has 3 heteroatoms. The fourth-order valence-corrected chi connectivity index (χ4v) is 1.42. The lowest BCUT2D eigenvalue weighted by molar-refractivity contribution is -0.137. The fourth-order valence-electron chi connectivity index (χ4n) is 1.42. The Kier molecular flexibility index (Phi) is 2.95. The minimum absolute atomic E-state index is 0.118. The SMILES string of the molecule is CC(C)C(=O)Oc1ccc2c(c1)CC=CO2. The number of hydrogen-bond donors (Lipinski definition) is 0. The number of esters is 1. The van der Waals surface area contributed by atoms with E-state index in [1.54, 1.807) is 12.3 Å². The lowest BCUT2D eigenvalue weighted by atomic mass is 10.1. The zero-order valence-corrected chi connectivity index (χ0v) is 9.40. The molecular formula is C13H14O3. The van der Waals surface area contributed by atoms with E-state index in [0.29, 0.717) is 5.75 Å². The Morgan fingerprint density at radius 3 is 3.00 bits per heavy atom. The molecule has 1 aliphatic rings. The third-order valence-corrected chi connectivity index (χ3v) is 2.35. The number of ether oxygens (including phenoxy) is 2. The second-order valence-corrected chi connectivity index (χ2v) is 4.04. The van der Waals surface area contributed by atoms with Crippen molar-refractivity contribution in [3.05, 3.63) is 36.1 Å². The molecule has 1 aromatic rings. The average Bonchev–Trinajstić information content (AvgIpc) is 2.28. The quantitative estimate of drug-likeness (QED) is 0.565. The smallest absolute Gasteiger partial charge is 0.313 e. The molecule has 16 heavy (non-hydrogen) atoms. The Morgan fingerprint density at radius 1 is 1.44 bits per heavy atom. The van der Waals surface area contributed by atoms with Gasteiger partial charge in [-0.3, -0.25) is 4.79 Å². The number of allylic oxidation sites excluding steroid dienone is 1. The number of carbonyl (C=O) groups is 1. The molecule has 0 aliphatic carbocycles. The molecule has 0 saturated heterocycles. The molecule has 0 saturated carbocycles. The highest BCUT2D eigenvalue weighted by Gasteiger charge is 2.12. The summed E-state index contributed by atoms with van der Waals surface area (Å²) in [4.78, 5) is 11.4. The molecule has 0 fully saturated rings. The summed E-state index contributed by atoms with van der Waals surface area (Å²) in [5, 5.41) is 0. The van der Waals surface area contributed by atoms with Crippen LogP contribution in [0.15, 0.2) is 30.5 Å². The second-order valence-electron chi connectivity index (χ2n) is 4.04. The van der Waals surface area contributed by atoms with Gasteiger partial charge in [0.25, 0.3) is 0 Å². The Hall–Kier alpha value is -1.77. The second kappa shape index (κ2) is 4.39. The first kappa shape index (κ1) is 10.7. The Morgan fingerprint density at radius 2 is 2.25 bits per heavy atom. The number of hydrogen-bond acceptors (Lipinski definition) is 3. The lowest BCUT2D eigenvalue weighted by Gasteiger charge is -2.13. The van der Waals surface area contributed by atoms with Crippen molar-refractivity contribution in [3.8, 4) is 11.5 Å². The third-order valence-electron chi connectivity index (χ3n) is 2.35. The average molecular weight is 218 g/mol. The summed E-state index contributed by atoms with van der Waals surface area (Å²) < 4.78 is 10.5. The molecule has 1 heterocycles. The standard InChI is InChI=1S/C13H14O3/c1-9(2)13(14)16-11-5-6-12-10(8-11)4-3-7-15-12/h3,5-9H,4H2,1-2H3. The molecule has 3 nitrogen and oxygen atoms in total. The van der Waals surface area contributed by atoms with Crippen LogP contribution in [0, 0.1) is 5.92 Å². The molecule has 1 aromatic carbocycles. The van der Waals surface area contributed by atoms with Crippen LogP contribution in [0.5, 0.6) is 11.5 Å². The molecule has 0 spiro atoms. The first-order chi connectivity index (χ1) is 7.66. The number of carbonyl (C=O) groups excluding carboxylic acids is 1. The number of rotatable bonds is 2. The minimum Gasteiger partial charge on any atom is -0.465 e. The lowest BCUT2D eigenvalue weighted by Crippen LogP contribution is -2.14. The summed E-state index contributed by atoms with van der Waals surface area (Å²) in [6, 6.07) is 5.42. The van der Waals surface area contributed by atoms with Gasteiger partial charge in [-0.2, -0.15) is 0 Å². The fraction of sp³-hybridized carbons (Fsp3) is 0.308. The van der Waals surface area contributed by atoms with Gasteiger partial charge in [-0.15, -0.1) is 0 Å². The summed E-state index contributed by atoms with van der Waals surface area (Å²) in [7, 11) is 0. The first-order valence-electron chi connectivity index (χ1n) is 5.33. The van der Waals surface area contributed by atoms with Crippen LogP contribution in [0.2, 0.25) is 0 Å². The van der Waals surface area contributed by atoms with Gasteiger partial charge in [-0.25, -0.2) is 0 Å². The van der Waals surface area contributed by atoms with Crippen molar-refractivity contribution in [2.45, 2.75) is 20.3 Å². The number of benzene rings is 1. The van der Waals surface area contributed by atoms with Crippen LogP contribution in [0.1, 0.15) is 19.4 Å². The van der Waals surface area contributed by atoms with Gasteiger partial charge in [0.1, 0.15) is 11.5 Å². The Labute approximate surface area is 94.7 Å². The molecule has 0 aromatic heterocycles. The topological polar surface area (TPSA) is 35.5 Å². The molecule has 0 unspecified atom stereocenters. The van der Waals surface area contributed by atoms with E-state index in [-0.39, 0.29) is 11.9 Å². The van der Waals surface area contributed by atoms with Gasteiger partial charge in [0.2, 0.25) is 0 Å². The van der Waals surface area contributed by atoms with E-state index in [2.05, 4.69) is 0 Å². The molecule has 0 bridgehead atoms. The first-order valence-corrected chi connectivity index (χ1v) is 5.33. The van der Waals surface area contributed by atoms with Crippen molar-refractivity contribution in [2.75, 3.05) is 0 Å². The summed E-state index contributed by atoms with van der Waals surface area (Å²) in [6.07, 6.45) is 4.40. The number of fused-ring (bicyclic) bond motifs is 1. The largest absolute Gasteiger partial charge is 0.465 e. The van der Waals surface area contributed by atoms with Crippen LogP contribution in [0.25, 0.3) is 0 Å². The van der Waals surface area contributed by atoms with E-state index < -0.39 is 0 Å². The summed E-state index contributed by atoms with van der Waals surface area (Å²) >= 11 is 0. The predicted molar refractivity (Wildman–Crippen MR) is 60.4 cm³/mol. The molecule has 0 amide bonds. The van der Waals surface area contributed by atoms with Gasteiger partial charge in [-0.1, -0.05) is 13.8 Å². The highest BCUT2D eigenvalue weighted by molar-refractivity contribution is 5.74. The van der Waals surface area contributed by atoms with Crippen LogP contribution in [-0.4, -0.2) is 5.97 Å².